The summed E-state index contributed by atoms with van der Waals surface area (Å²) >= 11 is 0. The van der Waals surface area contributed by atoms with Gasteiger partial charge >= 0.3 is 0 Å². The zero-order valence-electron chi connectivity index (χ0n) is 16.2. The standard InChI is InChI=1S/C22H22FN5O/c1-2-13-29-15-17-8-4-3-7-16(17)14-24-20-11-12-21-25-26-22(28(21)27-20)18-9-5-6-10-19(18)23/h3-12H,2,13-15H2,1H3,(H,24,27). The van der Waals surface area contributed by atoms with E-state index in [1.807, 2.05) is 24.3 Å². The Kier molecular flexibility index (Phi) is 5.76. The zero-order valence-corrected chi connectivity index (χ0v) is 16.2. The molecular weight excluding hydrogens is 369 g/mol. The lowest BCUT2D eigenvalue weighted by Crippen LogP contribution is -2.07. The highest BCUT2D eigenvalue weighted by atomic mass is 19.1. The number of ether oxygens (including phenoxy) is 1. The molecule has 0 amide bonds. The summed E-state index contributed by atoms with van der Waals surface area (Å²) in [5, 5.41) is 16.1. The van der Waals surface area contributed by atoms with Gasteiger partial charge in [-0.25, -0.2) is 4.39 Å². The monoisotopic (exact) mass is 391 g/mol. The fourth-order valence-corrected chi connectivity index (χ4v) is 3.08. The summed E-state index contributed by atoms with van der Waals surface area (Å²) in [6, 6.07) is 18.3. The first kappa shape index (κ1) is 19.0. The number of anilines is 1. The summed E-state index contributed by atoms with van der Waals surface area (Å²) in [6.45, 7) is 4.02. The number of nitrogens with one attached hydrogen (secondary N) is 1. The van der Waals surface area contributed by atoms with Crippen LogP contribution in [-0.4, -0.2) is 26.4 Å². The lowest BCUT2D eigenvalue weighted by molar-refractivity contribution is 0.121. The van der Waals surface area contributed by atoms with Gasteiger partial charge in [-0.05, 0) is 41.8 Å². The molecule has 0 saturated heterocycles. The molecule has 1 N–H and O–H groups in total. The fraction of sp³-hybridized carbons (Fsp3) is 0.227. The van der Waals surface area contributed by atoms with E-state index in [1.165, 1.54) is 6.07 Å². The van der Waals surface area contributed by atoms with E-state index in [9.17, 15) is 4.39 Å². The van der Waals surface area contributed by atoms with E-state index in [0.29, 0.717) is 36.0 Å². The number of hydrogen-bond acceptors (Lipinski definition) is 5. The van der Waals surface area contributed by atoms with Crippen LogP contribution in [0.4, 0.5) is 10.2 Å². The Morgan fingerprint density at radius 1 is 0.966 bits per heavy atom. The average molecular weight is 391 g/mol. The van der Waals surface area contributed by atoms with Crippen molar-refractivity contribution in [1.29, 1.82) is 0 Å². The van der Waals surface area contributed by atoms with E-state index in [4.69, 9.17) is 4.74 Å². The molecule has 0 unspecified atom stereocenters. The first-order chi connectivity index (χ1) is 14.3. The van der Waals surface area contributed by atoms with Gasteiger partial charge in [-0.3, -0.25) is 0 Å². The summed E-state index contributed by atoms with van der Waals surface area (Å²) in [7, 11) is 0. The molecule has 0 aliphatic heterocycles. The van der Waals surface area contributed by atoms with Crippen LogP contribution in [-0.2, 0) is 17.9 Å². The number of halogens is 1. The predicted molar refractivity (Wildman–Crippen MR) is 110 cm³/mol. The molecule has 0 aliphatic rings. The van der Waals surface area contributed by atoms with Crippen molar-refractivity contribution in [3.63, 3.8) is 0 Å². The van der Waals surface area contributed by atoms with Gasteiger partial charge in [0.1, 0.15) is 11.6 Å². The Morgan fingerprint density at radius 3 is 2.59 bits per heavy atom. The number of benzene rings is 2. The van der Waals surface area contributed by atoms with Gasteiger partial charge in [0.25, 0.3) is 0 Å². The minimum atomic E-state index is -0.358. The maximum Gasteiger partial charge on any atom is 0.188 e. The molecule has 4 aromatic rings. The Hall–Kier alpha value is -3.32. The molecule has 29 heavy (non-hydrogen) atoms. The maximum atomic E-state index is 14.2. The summed E-state index contributed by atoms with van der Waals surface area (Å²) in [5.74, 6) is 0.664. The van der Waals surface area contributed by atoms with Crippen LogP contribution in [0.1, 0.15) is 24.5 Å². The maximum absolute atomic E-state index is 14.2. The third kappa shape index (κ3) is 4.25. The second-order valence-corrected chi connectivity index (χ2v) is 6.67. The quantitative estimate of drug-likeness (QED) is 0.449. The van der Waals surface area contributed by atoms with Crippen LogP contribution in [0.5, 0.6) is 0 Å². The van der Waals surface area contributed by atoms with Gasteiger partial charge < -0.3 is 10.1 Å². The molecule has 0 aliphatic carbocycles. The molecule has 0 radical (unpaired) electrons. The molecule has 2 aromatic heterocycles. The predicted octanol–water partition coefficient (Wildman–Crippen LogP) is 4.47. The molecule has 0 bridgehead atoms. The van der Waals surface area contributed by atoms with Crippen molar-refractivity contribution < 1.29 is 9.13 Å². The Morgan fingerprint density at radius 2 is 1.76 bits per heavy atom. The van der Waals surface area contributed by atoms with E-state index >= 15 is 0 Å². The highest BCUT2D eigenvalue weighted by Crippen LogP contribution is 2.21. The summed E-state index contributed by atoms with van der Waals surface area (Å²) < 4.78 is 21.4. The molecule has 6 nitrogen and oxygen atoms in total. The first-order valence-corrected chi connectivity index (χ1v) is 9.62. The normalized spacial score (nSPS) is 11.1. The SMILES string of the molecule is CCCOCc1ccccc1CNc1ccc2nnc(-c3ccccc3F)n2n1. The molecule has 0 spiro atoms. The second-order valence-electron chi connectivity index (χ2n) is 6.67. The minimum Gasteiger partial charge on any atom is -0.377 e. The largest absolute Gasteiger partial charge is 0.377 e. The van der Waals surface area contributed by atoms with Gasteiger partial charge in [-0.15, -0.1) is 15.3 Å². The molecule has 4 rings (SSSR count). The first-order valence-electron chi connectivity index (χ1n) is 9.62. The summed E-state index contributed by atoms with van der Waals surface area (Å²) in [4.78, 5) is 0. The van der Waals surface area contributed by atoms with Crippen LogP contribution in [0.15, 0.2) is 60.7 Å². The van der Waals surface area contributed by atoms with Crippen molar-refractivity contribution >= 4 is 11.5 Å². The van der Waals surface area contributed by atoms with E-state index in [2.05, 4.69) is 39.7 Å². The van der Waals surface area contributed by atoms with E-state index in [0.717, 1.165) is 24.2 Å². The van der Waals surface area contributed by atoms with Crippen LogP contribution >= 0.6 is 0 Å². The number of aromatic nitrogens is 4. The van der Waals surface area contributed by atoms with Gasteiger partial charge in [0, 0.05) is 13.2 Å². The van der Waals surface area contributed by atoms with Crippen LogP contribution in [0.3, 0.4) is 0 Å². The van der Waals surface area contributed by atoms with E-state index in [-0.39, 0.29) is 5.82 Å². The van der Waals surface area contributed by atoms with Crippen molar-refractivity contribution in [2.24, 2.45) is 0 Å². The molecule has 0 atom stereocenters. The molecule has 7 heteroatoms. The lowest BCUT2D eigenvalue weighted by atomic mass is 10.1. The summed E-state index contributed by atoms with van der Waals surface area (Å²) in [6.07, 6.45) is 0.994. The Bertz CT molecular complexity index is 1110. The van der Waals surface area contributed by atoms with E-state index < -0.39 is 0 Å². The number of rotatable bonds is 8. The Balaban J connectivity index is 1.56. The zero-order chi connectivity index (χ0) is 20.1. The Labute approximate surface area is 168 Å². The highest BCUT2D eigenvalue weighted by Gasteiger charge is 2.13. The highest BCUT2D eigenvalue weighted by molar-refractivity contribution is 5.60. The van der Waals surface area contributed by atoms with Crippen molar-refractivity contribution in [3.05, 3.63) is 77.6 Å². The van der Waals surface area contributed by atoms with Gasteiger partial charge in [0.05, 0.1) is 12.2 Å². The van der Waals surface area contributed by atoms with Crippen molar-refractivity contribution in [1.82, 2.24) is 19.8 Å². The third-order valence-corrected chi connectivity index (χ3v) is 4.56. The van der Waals surface area contributed by atoms with Gasteiger partial charge in [0.2, 0.25) is 0 Å². The smallest absolute Gasteiger partial charge is 0.188 e. The van der Waals surface area contributed by atoms with Crippen molar-refractivity contribution in [2.45, 2.75) is 26.5 Å². The minimum absolute atomic E-state index is 0.358. The molecule has 148 valence electrons. The van der Waals surface area contributed by atoms with Crippen molar-refractivity contribution in [3.8, 4) is 11.4 Å². The average Bonchev–Trinajstić information content (AvgIpc) is 3.16. The number of nitrogens with zero attached hydrogens (tertiary/aromatic N) is 4. The number of fused-ring (bicyclic) bond motifs is 1. The van der Waals surface area contributed by atoms with Crippen LogP contribution < -0.4 is 5.32 Å². The lowest BCUT2D eigenvalue weighted by Gasteiger charge is -2.11. The molecule has 2 heterocycles. The summed E-state index contributed by atoms with van der Waals surface area (Å²) in [5.41, 5.74) is 3.21. The van der Waals surface area contributed by atoms with Crippen LogP contribution in [0, 0.1) is 5.82 Å². The second kappa shape index (κ2) is 8.79. The van der Waals surface area contributed by atoms with Gasteiger partial charge in [-0.1, -0.05) is 43.3 Å². The van der Waals surface area contributed by atoms with Crippen LogP contribution in [0.2, 0.25) is 0 Å². The number of hydrogen-bond donors (Lipinski definition) is 1. The van der Waals surface area contributed by atoms with E-state index in [1.54, 1.807) is 22.7 Å². The molecule has 0 fully saturated rings. The topological polar surface area (TPSA) is 64.3 Å². The van der Waals surface area contributed by atoms with Crippen molar-refractivity contribution in [2.75, 3.05) is 11.9 Å². The van der Waals surface area contributed by atoms with Crippen LogP contribution in [0.25, 0.3) is 17.0 Å². The van der Waals surface area contributed by atoms with Gasteiger partial charge in [0.15, 0.2) is 11.5 Å². The van der Waals surface area contributed by atoms with Gasteiger partial charge in [-0.2, -0.15) is 4.52 Å². The molecule has 0 saturated carbocycles. The molecule has 2 aromatic carbocycles. The molecular formula is C22H22FN5O. The fourth-order valence-electron chi connectivity index (χ4n) is 3.08. The third-order valence-electron chi connectivity index (χ3n) is 4.56.